The summed E-state index contributed by atoms with van der Waals surface area (Å²) in [6.07, 6.45) is 5.41. The molecule has 1 fully saturated rings. The van der Waals surface area contributed by atoms with E-state index >= 15 is 0 Å². The van der Waals surface area contributed by atoms with Crippen molar-refractivity contribution < 1.29 is 9.18 Å². The highest BCUT2D eigenvalue weighted by molar-refractivity contribution is 5.91. The quantitative estimate of drug-likeness (QED) is 0.843. The van der Waals surface area contributed by atoms with Gasteiger partial charge in [-0.2, -0.15) is 0 Å². The Kier molecular flexibility index (Phi) is 5.94. The first-order valence-corrected chi connectivity index (χ1v) is 8.34. The average molecular weight is 318 g/mol. The summed E-state index contributed by atoms with van der Waals surface area (Å²) in [6, 6.07) is 6.42. The van der Waals surface area contributed by atoms with E-state index in [0.717, 1.165) is 13.1 Å². The number of piperidine rings is 1. The molecule has 1 atom stereocenters. The van der Waals surface area contributed by atoms with Crippen molar-refractivity contribution in [3.05, 3.63) is 41.7 Å². The number of nitrogens with zero attached hydrogens (tertiary/aromatic N) is 1. The lowest BCUT2D eigenvalue weighted by Gasteiger charge is -2.43. The third kappa shape index (κ3) is 5.17. The molecule has 3 nitrogen and oxygen atoms in total. The molecule has 1 amide bonds. The molecule has 1 aliphatic rings. The maximum absolute atomic E-state index is 13.5. The zero-order chi connectivity index (χ0) is 16.9. The number of likely N-dealkylation sites (tertiary alicyclic amines) is 1. The van der Waals surface area contributed by atoms with Crippen molar-refractivity contribution in [2.75, 3.05) is 19.6 Å². The first-order valence-electron chi connectivity index (χ1n) is 8.34. The fraction of sp³-hybridized carbons (Fsp3) is 0.526. The number of carbonyl (C=O) groups is 1. The van der Waals surface area contributed by atoms with Gasteiger partial charge in [0.15, 0.2) is 0 Å². The lowest BCUT2D eigenvalue weighted by atomic mass is 9.93. The number of benzene rings is 1. The standard InChI is InChI=1S/C19H27FN2O/c1-15-7-6-12-22(13-15)19(2,3)14-21-18(23)11-10-16-8-4-5-9-17(16)20/h4-5,8-11,15H,6-7,12-14H2,1-3H3,(H,21,23)/b11-10+/t15-/m0/s1. The first kappa shape index (κ1) is 17.7. The van der Waals surface area contributed by atoms with Crippen LogP contribution in [0.15, 0.2) is 30.3 Å². The molecule has 2 rings (SSSR count). The largest absolute Gasteiger partial charge is 0.351 e. The molecule has 4 heteroatoms. The van der Waals surface area contributed by atoms with Crippen LogP contribution in [0.2, 0.25) is 0 Å². The fourth-order valence-corrected chi connectivity index (χ4v) is 2.99. The topological polar surface area (TPSA) is 32.3 Å². The summed E-state index contributed by atoms with van der Waals surface area (Å²) in [5, 5.41) is 2.93. The van der Waals surface area contributed by atoms with Gasteiger partial charge in [-0.3, -0.25) is 9.69 Å². The summed E-state index contributed by atoms with van der Waals surface area (Å²) in [4.78, 5) is 14.4. The lowest BCUT2D eigenvalue weighted by molar-refractivity contribution is -0.117. The monoisotopic (exact) mass is 318 g/mol. The second-order valence-corrected chi connectivity index (χ2v) is 7.08. The van der Waals surface area contributed by atoms with Crippen molar-refractivity contribution in [1.82, 2.24) is 10.2 Å². The number of hydrogen-bond donors (Lipinski definition) is 1. The van der Waals surface area contributed by atoms with E-state index in [1.54, 1.807) is 18.2 Å². The maximum Gasteiger partial charge on any atom is 0.244 e. The van der Waals surface area contributed by atoms with Gasteiger partial charge in [0.1, 0.15) is 5.82 Å². The number of nitrogens with one attached hydrogen (secondary N) is 1. The van der Waals surface area contributed by atoms with Crippen LogP contribution in [-0.4, -0.2) is 36.0 Å². The van der Waals surface area contributed by atoms with Crippen molar-refractivity contribution in [3.63, 3.8) is 0 Å². The van der Waals surface area contributed by atoms with Crippen LogP contribution in [0.4, 0.5) is 4.39 Å². The molecule has 0 bridgehead atoms. The minimum atomic E-state index is -0.320. The molecule has 0 spiro atoms. The minimum absolute atomic E-state index is 0.0732. The van der Waals surface area contributed by atoms with Crippen LogP contribution in [0.5, 0.6) is 0 Å². The number of rotatable bonds is 5. The van der Waals surface area contributed by atoms with Crippen molar-refractivity contribution >= 4 is 12.0 Å². The second-order valence-electron chi connectivity index (χ2n) is 7.08. The van der Waals surface area contributed by atoms with Crippen molar-refractivity contribution in [3.8, 4) is 0 Å². The molecule has 1 heterocycles. The molecule has 1 aliphatic heterocycles. The van der Waals surface area contributed by atoms with Crippen LogP contribution < -0.4 is 5.32 Å². The molecule has 1 aromatic rings. The predicted octanol–water partition coefficient (Wildman–Crippen LogP) is 3.47. The van der Waals surface area contributed by atoms with Crippen LogP contribution in [0.1, 0.15) is 39.2 Å². The lowest BCUT2D eigenvalue weighted by Crippen LogP contribution is -2.54. The van der Waals surface area contributed by atoms with Gasteiger partial charge in [0.25, 0.3) is 0 Å². The second kappa shape index (κ2) is 7.73. The molecule has 0 radical (unpaired) electrons. The molecule has 1 aromatic carbocycles. The highest BCUT2D eigenvalue weighted by Crippen LogP contribution is 2.23. The summed E-state index contributed by atoms with van der Waals surface area (Å²) in [5.41, 5.74) is 0.350. The molecular formula is C19H27FN2O. The zero-order valence-corrected chi connectivity index (χ0v) is 14.3. The number of hydrogen-bond acceptors (Lipinski definition) is 2. The third-order valence-corrected chi connectivity index (χ3v) is 4.53. The minimum Gasteiger partial charge on any atom is -0.351 e. The summed E-state index contributed by atoms with van der Waals surface area (Å²) < 4.78 is 13.5. The van der Waals surface area contributed by atoms with Gasteiger partial charge in [-0.15, -0.1) is 0 Å². The van der Waals surface area contributed by atoms with Crippen LogP contribution in [0, 0.1) is 11.7 Å². The van der Waals surface area contributed by atoms with E-state index in [4.69, 9.17) is 0 Å². The molecule has 0 unspecified atom stereocenters. The van der Waals surface area contributed by atoms with Gasteiger partial charge in [-0.25, -0.2) is 4.39 Å². The van der Waals surface area contributed by atoms with Crippen molar-refractivity contribution in [1.29, 1.82) is 0 Å². The molecule has 0 saturated carbocycles. The van der Waals surface area contributed by atoms with Crippen molar-refractivity contribution in [2.24, 2.45) is 5.92 Å². The third-order valence-electron chi connectivity index (χ3n) is 4.53. The molecule has 126 valence electrons. The van der Waals surface area contributed by atoms with Crippen molar-refractivity contribution in [2.45, 2.75) is 39.2 Å². The van der Waals surface area contributed by atoms with Crippen LogP contribution >= 0.6 is 0 Å². The van der Waals surface area contributed by atoms with E-state index in [9.17, 15) is 9.18 Å². The highest BCUT2D eigenvalue weighted by Gasteiger charge is 2.30. The van der Waals surface area contributed by atoms with E-state index in [1.165, 1.54) is 31.1 Å². The Bertz CT molecular complexity index is 568. The van der Waals surface area contributed by atoms with Gasteiger partial charge in [-0.1, -0.05) is 25.1 Å². The van der Waals surface area contributed by atoms with Gasteiger partial charge in [-0.05, 0) is 51.3 Å². The summed E-state index contributed by atoms with van der Waals surface area (Å²) >= 11 is 0. The Morgan fingerprint density at radius 2 is 2.17 bits per heavy atom. The Labute approximate surface area is 138 Å². The van der Waals surface area contributed by atoms with Gasteiger partial charge < -0.3 is 5.32 Å². The Morgan fingerprint density at radius 1 is 1.43 bits per heavy atom. The average Bonchev–Trinajstić information content (AvgIpc) is 2.52. The molecule has 1 saturated heterocycles. The van der Waals surface area contributed by atoms with E-state index in [2.05, 4.69) is 31.0 Å². The van der Waals surface area contributed by atoms with Gasteiger partial charge >= 0.3 is 0 Å². The number of carbonyl (C=O) groups excluding carboxylic acids is 1. The Hall–Kier alpha value is -1.68. The number of amides is 1. The van der Waals surface area contributed by atoms with Gasteiger partial charge in [0.2, 0.25) is 5.91 Å². The maximum atomic E-state index is 13.5. The molecule has 0 aromatic heterocycles. The highest BCUT2D eigenvalue weighted by atomic mass is 19.1. The van der Waals surface area contributed by atoms with E-state index < -0.39 is 0 Å². The normalized spacial score (nSPS) is 19.9. The molecule has 0 aliphatic carbocycles. The predicted molar refractivity (Wildman–Crippen MR) is 92.5 cm³/mol. The smallest absolute Gasteiger partial charge is 0.244 e. The van der Waals surface area contributed by atoms with E-state index in [1.807, 2.05) is 0 Å². The zero-order valence-electron chi connectivity index (χ0n) is 14.3. The van der Waals surface area contributed by atoms with Gasteiger partial charge in [0.05, 0.1) is 0 Å². The van der Waals surface area contributed by atoms with Crippen LogP contribution in [0.3, 0.4) is 0 Å². The van der Waals surface area contributed by atoms with Crippen LogP contribution in [0.25, 0.3) is 6.08 Å². The van der Waals surface area contributed by atoms with E-state index in [-0.39, 0.29) is 17.3 Å². The Morgan fingerprint density at radius 3 is 2.87 bits per heavy atom. The summed E-state index contributed by atoms with van der Waals surface area (Å²) in [6.45, 7) is 9.34. The SMILES string of the molecule is C[C@H]1CCCN(C(C)(C)CNC(=O)/C=C/c2ccccc2F)C1. The van der Waals surface area contributed by atoms with Gasteiger partial charge in [0, 0.05) is 30.3 Å². The molecule has 23 heavy (non-hydrogen) atoms. The number of halogens is 1. The Balaban J connectivity index is 1.87. The first-order chi connectivity index (χ1) is 10.9. The molecular weight excluding hydrogens is 291 g/mol. The van der Waals surface area contributed by atoms with Crippen LogP contribution in [-0.2, 0) is 4.79 Å². The summed E-state index contributed by atoms with van der Waals surface area (Å²) in [7, 11) is 0. The molecule has 1 N–H and O–H groups in total. The summed E-state index contributed by atoms with van der Waals surface area (Å²) in [5.74, 6) is 0.199. The van der Waals surface area contributed by atoms with E-state index in [0.29, 0.717) is 18.0 Å². The fourth-order valence-electron chi connectivity index (χ4n) is 2.99.